The molecule has 0 aromatic heterocycles. The van der Waals surface area contributed by atoms with Crippen LogP contribution in [0.25, 0.3) is 6.08 Å². The zero-order valence-electron chi connectivity index (χ0n) is 12.1. The van der Waals surface area contributed by atoms with Crippen LogP contribution in [0, 0.1) is 0 Å². The molecule has 0 aliphatic carbocycles. The maximum absolute atomic E-state index is 12.5. The van der Waals surface area contributed by atoms with Crippen molar-refractivity contribution in [1.29, 1.82) is 0 Å². The summed E-state index contributed by atoms with van der Waals surface area (Å²) in [5.41, 5.74) is -0.642. The topological polar surface area (TPSA) is 29.5 Å². The molecule has 3 nitrogen and oxygen atoms in total. The van der Waals surface area contributed by atoms with Gasteiger partial charge in [0.2, 0.25) is 5.91 Å². The van der Waals surface area contributed by atoms with Gasteiger partial charge in [-0.05, 0) is 29.8 Å². The number of rotatable bonds is 4. The molecule has 0 bridgehead atoms. The smallest absolute Gasteiger partial charge is 0.370 e. The minimum Gasteiger partial charge on any atom is -0.370 e. The highest BCUT2D eigenvalue weighted by Gasteiger charge is 2.42. The Kier molecular flexibility index (Phi) is 4.42. The van der Waals surface area contributed by atoms with E-state index in [0.717, 1.165) is 12.1 Å². The SMILES string of the molecule is C=CC(=O)N1CC(/C=C/c2ccc(C(F)(F)F)cc2)(OC)C1. The molecule has 0 N–H and O–H groups in total. The average Bonchev–Trinajstić information content (AvgIpc) is 2.45. The lowest BCUT2D eigenvalue weighted by Gasteiger charge is -2.46. The van der Waals surface area contributed by atoms with E-state index in [2.05, 4.69) is 6.58 Å². The molecular formula is C16H16F3NO2. The van der Waals surface area contributed by atoms with Crippen LogP contribution in [0.4, 0.5) is 13.2 Å². The van der Waals surface area contributed by atoms with Gasteiger partial charge in [-0.25, -0.2) is 0 Å². The van der Waals surface area contributed by atoms with Gasteiger partial charge in [-0.2, -0.15) is 13.2 Å². The Hall–Kier alpha value is -2.08. The highest BCUT2D eigenvalue weighted by Crippen LogP contribution is 2.30. The normalized spacial score (nSPS) is 17.4. The largest absolute Gasteiger partial charge is 0.416 e. The first-order valence-corrected chi connectivity index (χ1v) is 6.63. The second-order valence-corrected chi connectivity index (χ2v) is 5.12. The van der Waals surface area contributed by atoms with Crippen LogP contribution in [0.5, 0.6) is 0 Å². The van der Waals surface area contributed by atoms with Crippen molar-refractivity contribution in [3.8, 4) is 0 Å². The predicted molar refractivity (Wildman–Crippen MR) is 77.0 cm³/mol. The Morgan fingerprint density at radius 1 is 1.32 bits per heavy atom. The van der Waals surface area contributed by atoms with Crippen molar-refractivity contribution < 1.29 is 22.7 Å². The number of benzene rings is 1. The average molecular weight is 311 g/mol. The van der Waals surface area contributed by atoms with Gasteiger partial charge in [0, 0.05) is 7.11 Å². The van der Waals surface area contributed by atoms with Crippen LogP contribution >= 0.6 is 0 Å². The molecule has 0 unspecified atom stereocenters. The zero-order chi connectivity index (χ0) is 16.4. The predicted octanol–water partition coefficient (Wildman–Crippen LogP) is 3.13. The number of methoxy groups -OCH3 is 1. The first-order chi connectivity index (χ1) is 10.3. The van der Waals surface area contributed by atoms with Crippen LogP contribution in [0.3, 0.4) is 0 Å². The third-order valence-corrected chi connectivity index (χ3v) is 3.63. The lowest BCUT2D eigenvalue weighted by atomic mass is 9.92. The summed E-state index contributed by atoms with van der Waals surface area (Å²) in [5, 5.41) is 0. The molecule has 1 aromatic carbocycles. The van der Waals surface area contributed by atoms with E-state index in [1.807, 2.05) is 0 Å². The molecule has 1 aliphatic rings. The van der Waals surface area contributed by atoms with E-state index in [-0.39, 0.29) is 5.91 Å². The first kappa shape index (κ1) is 16.3. The van der Waals surface area contributed by atoms with Crippen molar-refractivity contribution in [2.45, 2.75) is 11.8 Å². The molecule has 1 aromatic rings. The van der Waals surface area contributed by atoms with E-state index >= 15 is 0 Å². The quantitative estimate of drug-likeness (QED) is 0.800. The molecule has 6 heteroatoms. The van der Waals surface area contributed by atoms with Crippen LogP contribution in [-0.4, -0.2) is 36.6 Å². The van der Waals surface area contributed by atoms with Crippen LogP contribution in [-0.2, 0) is 15.7 Å². The van der Waals surface area contributed by atoms with Crippen molar-refractivity contribution in [2.24, 2.45) is 0 Å². The van der Waals surface area contributed by atoms with Crippen molar-refractivity contribution in [1.82, 2.24) is 4.90 Å². The first-order valence-electron chi connectivity index (χ1n) is 6.63. The van der Waals surface area contributed by atoms with E-state index in [0.29, 0.717) is 18.7 Å². The molecule has 1 saturated heterocycles. The van der Waals surface area contributed by atoms with Gasteiger partial charge in [-0.1, -0.05) is 24.8 Å². The molecule has 1 heterocycles. The third-order valence-electron chi connectivity index (χ3n) is 3.63. The van der Waals surface area contributed by atoms with Crippen LogP contribution in [0.15, 0.2) is 43.0 Å². The number of ether oxygens (including phenoxy) is 1. The second-order valence-electron chi connectivity index (χ2n) is 5.12. The van der Waals surface area contributed by atoms with Crippen LogP contribution in [0.1, 0.15) is 11.1 Å². The molecule has 22 heavy (non-hydrogen) atoms. The molecular weight excluding hydrogens is 295 g/mol. The van der Waals surface area contributed by atoms with Gasteiger partial charge >= 0.3 is 6.18 Å². The van der Waals surface area contributed by atoms with Crippen molar-refractivity contribution >= 4 is 12.0 Å². The van der Waals surface area contributed by atoms with Gasteiger partial charge in [0.1, 0.15) is 5.60 Å². The van der Waals surface area contributed by atoms with E-state index in [4.69, 9.17) is 4.74 Å². The summed E-state index contributed by atoms with van der Waals surface area (Å²) >= 11 is 0. The van der Waals surface area contributed by atoms with Gasteiger partial charge < -0.3 is 9.64 Å². The summed E-state index contributed by atoms with van der Waals surface area (Å²) in [6, 6.07) is 4.86. The molecule has 1 aliphatic heterocycles. The van der Waals surface area contributed by atoms with Crippen molar-refractivity contribution in [2.75, 3.05) is 20.2 Å². The van der Waals surface area contributed by atoms with Crippen LogP contribution in [0.2, 0.25) is 0 Å². The van der Waals surface area contributed by atoms with Gasteiger partial charge in [0.25, 0.3) is 0 Å². The minimum absolute atomic E-state index is 0.171. The van der Waals surface area contributed by atoms with E-state index in [1.165, 1.54) is 25.3 Å². The maximum Gasteiger partial charge on any atom is 0.416 e. The standard InChI is InChI=1S/C16H16F3NO2/c1-3-14(21)20-10-15(11-20,22-2)9-8-12-4-6-13(7-5-12)16(17,18)19/h3-9H,1,10-11H2,2H3/b9-8+. The molecule has 2 rings (SSSR count). The highest BCUT2D eigenvalue weighted by atomic mass is 19.4. The van der Waals surface area contributed by atoms with Crippen LogP contribution < -0.4 is 0 Å². The molecule has 0 spiro atoms. The number of amides is 1. The highest BCUT2D eigenvalue weighted by molar-refractivity contribution is 5.88. The van der Waals surface area contributed by atoms with E-state index < -0.39 is 17.3 Å². The molecule has 118 valence electrons. The fraction of sp³-hybridized carbons (Fsp3) is 0.312. The third kappa shape index (κ3) is 3.39. The second kappa shape index (κ2) is 5.96. The fourth-order valence-corrected chi connectivity index (χ4v) is 2.22. The maximum atomic E-state index is 12.5. The summed E-state index contributed by atoms with van der Waals surface area (Å²) in [6.45, 7) is 4.21. The summed E-state index contributed by atoms with van der Waals surface area (Å²) in [4.78, 5) is 13.0. The van der Waals surface area contributed by atoms with Crippen molar-refractivity contribution in [3.63, 3.8) is 0 Å². The van der Waals surface area contributed by atoms with Gasteiger partial charge in [0.15, 0.2) is 0 Å². The number of alkyl halides is 3. The Labute approximate surface area is 126 Å². The number of hydrogen-bond acceptors (Lipinski definition) is 2. The van der Waals surface area contributed by atoms with Gasteiger partial charge in [-0.3, -0.25) is 4.79 Å². The Morgan fingerprint density at radius 3 is 2.36 bits per heavy atom. The lowest BCUT2D eigenvalue weighted by molar-refractivity contribution is -0.146. The fourth-order valence-electron chi connectivity index (χ4n) is 2.22. The van der Waals surface area contributed by atoms with E-state index in [1.54, 1.807) is 17.1 Å². The molecule has 1 fully saturated rings. The van der Waals surface area contributed by atoms with Gasteiger partial charge in [0.05, 0.1) is 18.7 Å². The Morgan fingerprint density at radius 2 is 1.91 bits per heavy atom. The summed E-state index contributed by atoms with van der Waals surface area (Å²) < 4.78 is 42.8. The monoisotopic (exact) mass is 311 g/mol. The zero-order valence-corrected chi connectivity index (χ0v) is 12.1. The number of carbonyl (C=O) groups is 1. The van der Waals surface area contributed by atoms with Gasteiger partial charge in [-0.15, -0.1) is 0 Å². The number of likely N-dealkylation sites (tertiary alicyclic amines) is 1. The summed E-state index contributed by atoms with van der Waals surface area (Å²) in [7, 11) is 1.53. The minimum atomic E-state index is -4.34. The number of nitrogens with zero attached hydrogens (tertiary/aromatic N) is 1. The molecule has 0 saturated carbocycles. The molecule has 0 radical (unpaired) electrons. The summed E-state index contributed by atoms with van der Waals surface area (Å²) in [6.07, 6.45) is 0.358. The Balaban J connectivity index is 2.05. The molecule has 1 amide bonds. The number of carbonyl (C=O) groups excluding carboxylic acids is 1. The molecule has 0 atom stereocenters. The summed E-state index contributed by atoms with van der Waals surface area (Å²) in [5.74, 6) is -0.171. The van der Waals surface area contributed by atoms with Crippen molar-refractivity contribution in [3.05, 3.63) is 54.1 Å². The number of halogens is 3. The lowest BCUT2D eigenvalue weighted by Crippen LogP contribution is -2.63. The number of hydrogen-bond donors (Lipinski definition) is 0. The Bertz CT molecular complexity index is 584. The van der Waals surface area contributed by atoms with E-state index in [9.17, 15) is 18.0 Å².